The fourth-order valence-corrected chi connectivity index (χ4v) is 2.98. The van der Waals surface area contributed by atoms with Gasteiger partial charge in [-0.3, -0.25) is 4.79 Å². The molecule has 1 saturated heterocycles. The number of rotatable bonds is 12. The van der Waals surface area contributed by atoms with E-state index >= 15 is 0 Å². The van der Waals surface area contributed by atoms with Gasteiger partial charge in [0.15, 0.2) is 0 Å². The Labute approximate surface area is 146 Å². The van der Waals surface area contributed by atoms with Gasteiger partial charge in [-0.2, -0.15) is 0 Å². The van der Waals surface area contributed by atoms with Gasteiger partial charge in [0.05, 0.1) is 18.8 Å². The van der Waals surface area contributed by atoms with Crippen LogP contribution in [0.25, 0.3) is 0 Å². The molecule has 0 atom stereocenters. The van der Waals surface area contributed by atoms with Gasteiger partial charge in [0, 0.05) is 13.0 Å². The molecular weight excluding hydrogens is 300 g/mol. The Kier molecular flexibility index (Phi) is 8.26. The van der Waals surface area contributed by atoms with Crippen LogP contribution in [0.15, 0.2) is 30.3 Å². The van der Waals surface area contributed by atoms with Crippen molar-refractivity contribution in [3.8, 4) is 0 Å². The first-order valence-electron chi connectivity index (χ1n) is 9.37. The molecule has 0 saturated carbocycles. The summed E-state index contributed by atoms with van der Waals surface area (Å²) in [5, 5.41) is 6.66. The van der Waals surface area contributed by atoms with E-state index in [4.69, 9.17) is 4.74 Å². The molecule has 4 nitrogen and oxygen atoms in total. The van der Waals surface area contributed by atoms with Crippen LogP contribution in [0.3, 0.4) is 0 Å². The Morgan fingerprint density at radius 3 is 2.54 bits per heavy atom. The van der Waals surface area contributed by atoms with Crippen LogP contribution in [0.5, 0.6) is 0 Å². The van der Waals surface area contributed by atoms with Gasteiger partial charge in [0.2, 0.25) is 5.91 Å². The molecule has 0 radical (unpaired) electrons. The van der Waals surface area contributed by atoms with Crippen molar-refractivity contribution in [1.29, 1.82) is 0 Å². The van der Waals surface area contributed by atoms with Crippen molar-refractivity contribution in [2.75, 3.05) is 26.3 Å². The summed E-state index contributed by atoms with van der Waals surface area (Å²) in [5.74, 6) is 0.169. The summed E-state index contributed by atoms with van der Waals surface area (Å²) in [4.78, 5) is 12.0. The lowest BCUT2D eigenvalue weighted by molar-refractivity contribution is -0.123. The van der Waals surface area contributed by atoms with E-state index < -0.39 is 0 Å². The number of hydrogen-bond acceptors (Lipinski definition) is 3. The highest BCUT2D eigenvalue weighted by Crippen LogP contribution is 2.16. The maximum atomic E-state index is 12.0. The molecule has 1 aliphatic rings. The van der Waals surface area contributed by atoms with Crippen molar-refractivity contribution in [2.45, 2.75) is 57.4 Å². The number of benzene rings is 1. The molecular formula is C20H32N2O2. The van der Waals surface area contributed by atoms with Crippen molar-refractivity contribution in [2.24, 2.45) is 0 Å². The van der Waals surface area contributed by atoms with E-state index in [1.54, 1.807) is 0 Å². The first-order chi connectivity index (χ1) is 11.7. The zero-order valence-corrected chi connectivity index (χ0v) is 15.0. The third kappa shape index (κ3) is 6.62. The molecule has 2 rings (SSSR count). The second-order valence-corrected chi connectivity index (χ2v) is 6.88. The Morgan fingerprint density at radius 2 is 1.88 bits per heavy atom. The topological polar surface area (TPSA) is 50.4 Å². The minimum atomic E-state index is -0.0767. The summed E-state index contributed by atoms with van der Waals surface area (Å²) >= 11 is 0. The van der Waals surface area contributed by atoms with Gasteiger partial charge in [0.1, 0.15) is 0 Å². The maximum Gasteiger partial charge on any atom is 0.220 e. The Morgan fingerprint density at radius 1 is 1.12 bits per heavy atom. The van der Waals surface area contributed by atoms with E-state index in [0.717, 1.165) is 25.8 Å². The predicted molar refractivity (Wildman–Crippen MR) is 98.1 cm³/mol. The van der Waals surface area contributed by atoms with E-state index in [1.807, 2.05) is 6.07 Å². The van der Waals surface area contributed by atoms with Crippen LogP contribution in [0.4, 0.5) is 0 Å². The van der Waals surface area contributed by atoms with E-state index in [0.29, 0.717) is 26.2 Å². The monoisotopic (exact) mass is 332 g/mol. The highest BCUT2D eigenvalue weighted by atomic mass is 16.5. The molecule has 1 fully saturated rings. The summed E-state index contributed by atoms with van der Waals surface area (Å²) in [6.45, 7) is 5.13. The normalized spacial score (nSPS) is 15.7. The van der Waals surface area contributed by atoms with E-state index in [1.165, 1.54) is 24.8 Å². The summed E-state index contributed by atoms with van der Waals surface area (Å²) in [7, 11) is 0. The Hall–Kier alpha value is -1.39. The van der Waals surface area contributed by atoms with Crippen LogP contribution in [-0.4, -0.2) is 37.7 Å². The van der Waals surface area contributed by atoms with Crippen LogP contribution >= 0.6 is 0 Å². The molecule has 24 heavy (non-hydrogen) atoms. The number of hydrogen-bond donors (Lipinski definition) is 2. The highest BCUT2D eigenvalue weighted by molar-refractivity contribution is 5.75. The second kappa shape index (κ2) is 10.5. The van der Waals surface area contributed by atoms with Gasteiger partial charge < -0.3 is 15.4 Å². The van der Waals surface area contributed by atoms with Crippen LogP contribution in [0.2, 0.25) is 0 Å². The van der Waals surface area contributed by atoms with Gasteiger partial charge >= 0.3 is 0 Å². The SMILES string of the molecule is CCCCCCCC(=O)NCC1(NCCc2ccccc2)COC1. The molecule has 0 bridgehead atoms. The number of nitrogens with one attached hydrogen (secondary N) is 2. The molecule has 1 aromatic rings. The summed E-state index contributed by atoms with van der Waals surface area (Å²) < 4.78 is 5.38. The van der Waals surface area contributed by atoms with Gasteiger partial charge in [-0.05, 0) is 24.9 Å². The molecule has 1 aromatic carbocycles. The van der Waals surface area contributed by atoms with Crippen molar-refractivity contribution in [3.05, 3.63) is 35.9 Å². The minimum absolute atomic E-state index is 0.0767. The average molecular weight is 332 g/mol. The molecule has 1 aliphatic heterocycles. The van der Waals surface area contributed by atoms with Gasteiger partial charge in [-0.25, -0.2) is 0 Å². The van der Waals surface area contributed by atoms with Crippen LogP contribution in [-0.2, 0) is 16.0 Å². The lowest BCUT2D eigenvalue weighted by atomic mass is 9.96. The molecule has 2 N–H and O–H groups in total. The fourth-order valence-electron chi connectivity index (χ4n) is 2.98. The lowest BCUT2D eigenvalue weighted by Crippen LogP contribution is -2.66. The highest BCUT2D eigenvalue weighted by Gasteiger charge is 2.38. The van der Waals surface area contributed by atoms with Crippen molar-refractivity contribution < 1.29 is 9.53 Å². The molecule has 134 valence electrons. The number of amides is 1. The number of carbonyl (C=O) groups excluding carboxylic acids is 1. The predicted octanol–water partition coefficient (Wildman–Crippen LogP) is 3.06. The summed E-state index contributed by atoms with van der Waals surface area (Å²) in [5.41, 5.74) is 1.25. The molecule has 4 heteroatoms. The molecule has 1 amide bonds. The summed E-state index contributed by atoms with van der Waals surface area (Å²) in [6.07, 6.45) is 7.54. The number of carbonyl (C=O) groups is 1. The zero-order valence-electron chi connectivity index (χ0n) is 15.0. The van der Waals surface area contributed by atoms with Gasteiger partial charge in [0.25, 0.3) is 0 Å². The largest absolute Gasteiger partial charge is 0.377 e. The summed E-state index contributed by atoms with van der Waals surface area (Å²) in [6, 6.07) is 10.5. The van der Waals surface area contributed by atoms with Crippen molar-refractivity contribution >= 4 is 5.91 Å². The van der Waals surface area contributed by atoms with Gasteiger partial charge in [-0.15, -0.1) is 0 Å². The smallest absolute Gasteiger partial charge is 0.220 e. The third-order valence-electron chi connectivity index (χ3n) is 4.64. The third-order valence-corrected chi connectivity index (χ3v) is 4.64. The lowest BCUT2D eigenvalue weighted by Gasteiger charge is -2.42. The molecule has 0 spiro atoms. The quantitative estimate of drug-likeness (QED) is 0.578. The number of ether oxygens (including phenoxy) is 1. The van der Waals surface area contributed by atoms with Crippen molar-refractivity contribution in [1.82, 2.24) is 10.6 Å². The Bertz CT molecular complexity index is 472. The molecule has 1 heterocycles. The fraction of sp³-hybridized carbons (Fsp3) is 0.650. The van der Waals surface area contributed by atoms with E-state index in [9.17, 15) is 4.79 Å². The number of unbranched alkanes of at least 4 members (excludes halogenated alkanes) is 4. The van der Waals surface area contributed by atoms with Crippen LogP contribution in [0.1, 0.15) is 51.0 Å². The molecule has 0 aliphatic carbocycles. The van der Waals surface area contributed by atoms with E-state index in [-0.39, 0.29) is 11.4 Å². The van der Waals surface area contributed by atoms with Crippen LogP contribution < -0.4 is 10.6 Å². The molecule has 0 unspecified atom stereocenters. The zero-order chi connectivity index (χ0) is 17.1. The minimum Gasteiger partial charge on any atom is -0.377 e. The molecule has 0 aromatic heterocycles. The van der Waals surface area contributed by atoms with Crippen molar-refractivity contribution in [3.63, 3.8) is 0 Å². The maximum absolute atomic E-state index is 12.0. The first-order valence-corrected chi connectivity index (χ1v) is 9.37. The first kappa shape index (κ1) is 18.9. The van der Waals surface area contributed by atoms with E-state index in [2.05, 4.69) is 41.8 Å². The van der Waals surface area contributed by atoms with Crippen LogP contribution in [0, 0.1) is 0 Å². The Balaban J connectivity index is 1.61. The second-order valence-electron chi connectivity index (χ2n) is 6.88. The average Bonchev–Trinajstić information content (AvgIpc) is 2.57. The van der Waals surface area contributed by atoms with Gasteiger partial charge in [-0.1, -0.05) is 62.9 Å². The standard InChI is InChI=1S/C20H32N2O2/c1-2-3-4-5-9-12-19(23)21-15-20(16-24-17-20)22-14-13-18-10-7-6-8-11-18/h6-8,10-11,22H,2-5,9,12-17H2,1H3,(H,21,23).